The molecule has 2 aliphatic rings. The van der Waals surface area contributed by atoms with Crippen LogP contribution < -0.4 is 0 Å². The van der Waals surface area contributed by atoms with E-state index in [0.717, 1.165) is 56.1 Å². The zero-order valence-corrected chi connectivity index (χ0v) is 15.3. The van der Waals surface area contributed by atoms with Crippen molar-refractivity contribution in [1.82, 2.24) is 24.8 Å². The number of hydrogen-bond donors (Lipinski definition) is 0. The maximum Gasteiger partial charge on any atom is 0.219 e. The first-order chi connectivity index (χ1) is 12.7. The Balaban J connectivity index is 1.45. The van der Waals surface area contributed by atoms with Gasteiger partial charge in [-0.15, -0.1) is 0 Å². The van der Waals surface area contributed by atoms with Gasteiger partial charge in [-0.3, -0.25) is 14.7 Å². The van der Waals surface area contributed by atoms with E-state index < -0.39 is 0 Å². The van der Waals surface area contributed by atoms with Crippen LogP contribution in [0.4, 0.5) is 0 Å². The van der Waals surface area contributed by atoms with Gasteiger partial charge >= 0.3 is 0 Å². The Hall–Kier alpha value is -2.34. The van der Waals surface area contributed by atoms with Gasteiger partial charge in [-0.25, -0.2) is 9.97 Å². The molecule has 6 heteroatoms. The van der Waals surface area contributed by atoms with E-state index in [2.05, 4.69) is 27.0 Å². The summed E-state index contributed by atoms with van der Waals surface area (Å²) in [6.07, 6.45) is 8.80. The summed E-state index contributed by atoms with van der Waals surface area (Å²) in [7, 11) is 0. The van der Waals surface area contributed by atoms with Gasteiger partial charge in [0.15, 0.2) is 0 Å². The maximum absolute atomic E-state index is 11.6. The van der Waals surface area contributed by atoms with E-state index in [9.17, 15) is 4.79 Å². The lowest BCUT2D eigenvalue weighted by Crippen LogP contribution is -2.36. The second-order valence-electron chi connectivity index (χ2n) is 7.32. The van der Waals surface area contributed by atoms with Crippen LogP contribution >= 0.6 is 0 Å². The third-order valence-electron chi connectivity index (χ3n) is 5.42. The molecular weight excluding hydrogens is 326 g/mol. The van der Waals surface area contributed by atoms with Gasteiger partial charge in [-0.05, 0) is 37.1 Å². The Morgan fingerprint density at radius 3 is 2.92 bits per heavy atom. The van der Waals surface area contributed by atoms with Crippen LogP contribution in [0, 0.1) is 0 Å². The fourth-order valence-corrected chi connectivity index (χ4v) is 3.95. The van der Waals surface area contributed by atoms with Gasteiger partial charge in [0, 0.05) is 69.6 Å². The average molecular weight is 351 g/mol. The molecule has 0 radical (unpaired) electrons. The number of carbonyl (C=O) groups is 1. The zero-order chi connectivity index (χ0) is 17.9. The molecule has 1 fully saturated rings. The minimum Gasteiger partial charge on any atom is -0.338 e. The van der Waals surface area contributed by atoms with Crippen molar-refractivity contribution in [2.24, 2.45) is 0 Å². The van der Waals surface area contributed by atoms with Gasteiger partial charge in [0.1, 0.15) is 5.82 Å². The molecule has 2 aliphatic heterocycles. The van der Waals surface area contributed by atoms with Gasteiger partial charge in [-0.1, -0.05) is 0 Å². The Morgan fingerprint density at radius 1 is 1.27 bits per heavy atom. The van der Waals surface area contributed by atoms with Crippen LogP contribution in [0.2, 0.25) is 0 Å². The van der Waals surface area contributed by atoms with Gasteiger partial charge in [0.2, 0.25) is 5.91 Å². The number of carbonyl (C=O) groups excluding carboxylic acids is 1. The lowest BCUT2D eigenvalue weighted by Gasteiger charge is -2.33. The van der Waals surface area contributed by atoms with E-state index >= 15 is 0 Å². The number of piperidine rings is 1. The van der Waals surface area contributed by atoms with Gasteiger partial charge < -0.3 is 4.90 Å². The Labute approximate surface area is 154 Å². The SMILES string of the molecule is CC(=O)N1CCc2nc([C@@H]3CCCN(Cc4ccncc4)C3)ncc2C1. The molecule has 1 saturated heterocycles. The molecule has 1 atom stereocenters. The summed E-state index contributed by atoms with van der Waals surface area (Å²) in [4.78, 5) is 29.6. The first-order valence-electron chi connectivity index (χ1n) is 9.40. The quantitative estimate of drug-likeness (QED) is 0.848. The van der Waals surface area contributed by atoms with E-state index in [1.54, 1.807) is 6.92 Å². The molecule has 6 nitrogen and oxygen atoms in total. The molecule has 26 heavy (non-hydrogen) atoms. The predicted octanol–water partition coefficient (Wildman–Crippen LogP) is 2.16. The Bertz CT molecular complexity index is 779. The molecule has 0 bridgehead atoms. The van der Waals surface area contributed by atoms with Gasteiger partial charge in [0.05, 0.1) is 5.69 Å². The number of aromatic nitrogens is 3. The van der Waals surface area contributed by atoms with Gasteiger partial charge in [-0.2, -0.15) is 0 Å². The van der Waals surface area contributed by atoms with Gasteiger partial charge in [0.25, 0.3) is 0 Å². The van der Waals surface area contributed by atoms with Crippen molar-refractivity contribution in [3.63, 3.8) is 0 Å². The van der Waals surface area contributed by atoms with E-state index in [1.807, 2.05) is 23.5 Å². The molecule has 136 valence electrons. The van der Waals surface area contributed by atoms with Crippen molar-refractivity contribution in [2.75, 3.05) is 19.6 Å². The minimum atomic E-state index is 0.124. The number of amides is 1. The fraction of sp³-hybridized carbons (Fsp3) is 0.500. The number of rotatable bonds is 3. The third-order valence-corrected chi connectivity index (χ3v) is 5.42. The smallest absolute Gasteiger partial charge is 0.219 e. The molecule has 2 aromatic rings. The highest BCUT2D eigenvalue weighted by Crippen LogP contribution is 2.27. The monoisotopic (exact) mass is 351 g/mol. The molecule has 0 aliphatic carbocycles. The second-order valence-corrected chi connectivity index (χ2v) is 7.32. The van der Waals surface area contributed by atoms with Crippen LogP contribution in [0.1, 0.15) is 48.3 Å². The average Bonchev–Trinajstić information content (AvgIpc) is 2.68. The van der Waals surface area contributed by atoms with Crippen LogP contribution in [0.3, 0.4) is 0 Å². The molecular formula is C20H25N5O. The lowest BCUT2D eigenvalue weighted by atomic mass is 9.96. The molecule has 1 amide bonds. The molecule has 4 rings (SSSR count). The normalized spacial score (nSPS) is 20.7. The summed E-state index contributed by atoms with van der Waals surface area (Å²) in [5.74, 6) is 1.49. The van der Waals surface area contributed by atoms with Crippen LogP contribution in [-0.2, 0) is 24.3 Å². The zero-order valence-electron chi connectivity index (χ0n) is 15.3. The van der Waals surface area contributed by atoms with E-state index in [4.69, 9.17) is 4.98 Å². The Morgan fingerprint density at radius 2 is 2.12 bits per heavy atom. The van der Waals surface area contributed by atoms with Crippen molar-refractivity contribution in [3.05, 3.63) is 53.4 Å². The van der Waals surface area contributed by atoms with E-state index in [-0.39, 0.29) is 5.91 Å². The third kappa shape index (κ3) is 3.75. The van der Waals surface area contributed by atoms with Crippen LogP contribution in [-0.4, -0.2) is 50.3 Å². The molecule has 0 unspecified atom stereocenters. The molecule has 0 saturated carbocycles. The van der Waals surface area contributed by atoms with Crippen molar-refractivity contribution in [2.45, 2.75) is 45.2 Å². The summed E-state index contributed by atoms with van der Waals surface area (Å²) >= 11 is 0. The summed E-state index contributed by atoms with van der Waals surface area (Å²) in [5.41, 5.74) is 3.52. The predicted molar refractivity (Wildman–Crippen MR) is 98.3 cm³/mol. The molecule has 2 aromatic heterocycles. The van der Waals surface area contributed by atoms with Crippen molar-refractivity contribution in [3.8, 4) is 0 Å². The topological polar surface area (TPSA) is 62.2 Å². The molecule has 0 aromatic carbocycles. The fourth-order valence-electron chi connectivity index (χ4n) is 3.95. The standard InChI is InChI=1S/C20H25N5O/c1-15(26)25-10-6-19-18(14-25)11-22-20(23-19)17-3-2-9-24(13-17)12-16-4-7-21-8-5-16/h4-5,7-8,11,17H,2-3,6,9-10,12-14H2,1H3/t17-/m1/s1. The van der Waals surface area contributed by atoms with Crippen LogP contribution in [0.5, 0.6) is 0 Å². The summed E-state index contributed by atoms with van der Waals surface area (Å²) in [5, 5.41) is 0. The molecule has 4 heterocycles. The van der Waals surface area contributed by atoms with E-state index in [1.165, 1.54) is 12.0 Å². The van der Waals surface area contributed by atoms with Crippen LogP contribution in [0.15, 0.2) is 30.7 Å². The number of nitrogens with zero attached hydrogens (tertiary/aromatic N) is 5. The Kier molecular flexibility index (Phi) is 4.93. The van der Waals surface area contributed by atoms with Crippen molar-refractivity contribution < 1.29 is 4.79 Å². The number of hydrogen-bond acceptors (Lipinski definition) is 5. The number of pyridine rings is 1. The summed E-state index contributed by atoms with van der Waals surface area (Å²) < 4.78 is 0. The highest BCUT2D eigenvalue weighted by Gasteiger charge is 2.26. The highest BCUT2D eigenvalue weighted by atomic mass is 16.2. The minimum absolute atomic E-state index is 0.124. The first-order valence-corrected chi connectivity index (χ1v) is 9.40. The van der Waals surface area contributed by atoms with Crippen molar-refractivity contribution >= 4 is 5.91 Å². The second kappa shape index (κ2) is 7.50. The number of fused-ring (bicyclic) bond motifs is 1. The van der Waals surface area contributed by atoms with Crippen molar-refractivity contribution in [1.29, 1.82) is 0 Å². The van der Waals surface area contributed by atoms with Crippen LogP contribution in [0.25, 0.3) is 0 Å². The van der Waals surface area contributed by atoms with E-state index in [0.29, 0.717) is 12.5 Å². The largest absolute Gasteiger partial charge is 0.338 e. The maximum atomic E-state index is 11.6. The number of likely N-dealkylation sites (tertiary alicyclic amines) is 1. The first kappa shape index (κ1) is 17.1. The lowest BCUT2D eigenvalue weighted by molar-refractivity contribution is -0.129. The summed E-state index contributed by atoms with van der Waals surface area (Å²) in [6, 6.07) is 4.17. The molecule has 0 spiro atoms. The highest BCUT2D eigenvalue weighted by molar-refractivity contribution is 5.73. The summed E-state index contributed by atoms with van der Waals surface area (Å²) in [6.45, 7) is 6.11. The molecule has 0 N–H and O–H groups in total.